The highest BCUT2D eigenvalue weighted by molar-refractivity contribution is 5.44. The lowest BCUT2D eigenvalue weighted by Crippen LogP contribution is -2.05. The van der Waals surface area contributed by atoms with E-state index in [9.17, 15) is 0 Å². The molecular weight excluding hydrogens is 280 g/mol. The predicted octanol–water partition coefficient (Wildman–Crippen LogP) is 4.53. The number of benzene rings is 2. The van der Waals surface area contributed by atoms with E-state index in [0.29, 0.717) is 19.8 Å². The van der Waals surface area contributed by atoms with Crippen LogP contribution in [0.3, 0.4) is 0 Å². The Labute approximate surface area is 130 Å². The van der Waals surface area contributed by atoms with E-state index in [2.05, 4.69) is 10.2 Å². The van der Waals surface area contributed by atoms with Crippen LogP contribution in [-0.2, 0) is 4.74 Å². The van der Waals surface area contributed by atoms with Crippen LogP contribution < -0.4 is 9.47 Å². The summed E-state index contributed by atoms with van der Waals surface area (Å²) in [4.78, 5) is 0. The van der Waals surface area contributed by atoms with Gasteiger partial charge < -0.3 is 14.2 Å². The second-order valence-electron chi connectivity index (χ2n) is 4.44. The summed E-state index contributed by atoms with van der Waals surface area (Å²) in [6.07, 6.45) is 0. The number of hydrogen-bond acceptors (Lipinski definition) is 5. The van der Waals surface area contributed by atoms with Crippen molar-refractivity contribution in [3.05, 3.63) is 48.5 Å². The summed E-state index contributed by atoms with van der Waals surface area (Å²) in [5, 5.41) is 8.36. The fraction of sp³-hybridized carbons (Fsp3) is 0.294. The van der Waals surface area contributed by atoms with Crippen molar-refractivity contribution < 1.29 is 14.2 Å². The van der Waals surface area contributed by atoms with Gasteiger partial charge in [-0.05, 0) is 55.5 Å². The summed E-state index contributed by atoms with van der Waals surface area (Å²) in [6, 6.07) is 14.9. The highest BCUT2D eigenvalue weighted by Crippen LogP contribution is 2.22. The molecular formula is C17H20N2O3. The van der Waals surface area contributed by atoms with Crippen LogP contribution in [0.15, 0.2) is 58.8 Å². The zero-order valence-corrected chi connectivity index (χ0v) is 12.9. The SMILES string of the molecule is CCOCCOc1ccc(N=Nc2ccc(OC)cc2)cc1. The van der Waals surface area contributed by atoms with Crippen LogP contribution in [0.4, 0.5) is 11.4 Å². The number of azo groups is 1. The van der Waals surface area contributed by atoms with Gasteiger partial charge in [0.05, 0.1) is 25.1 Å². The summed E-state index contributed by atoms with van der Waals surface area (Å²) in [5.74, 6) is 1.59. The first-order valence-corrected chi connectivity index (χ1v) is 7.18. The van der Waals surface area contributed by atoms with Gasteiger partial charge in [-0.15, -0.1) is 0 Å². The number of hydrogen-bond donors (Lipinski definition) is 0. The molecule has 0 spiro atoms. The van der Waals surface area contributed by atoms with E-state index in [0.717, 1.165) is 22.9 Å². The minimum atomic E-state index is 0.542. The largest absolute Gasteiger partial charge is 0.497 e. The molecule has 2 aromatic carbocycles. The van der Waals surface area contributed by atoms with Gasteiger partial charge in [0.2, 0.25) is 0 Å². The smallest absolute Gasteiger partial charge is 0.119 e. The van der Waals surface area contributed by atoms with Crippen molar-refractivity contribution in [2.24, 2.45) is 10.2 Å². The molecule has 2 rings (SSSR count). The van der Waals surface area contributed by atoms with Gasteiger partial charge in [0.1, 0.15) is 18.1 Å². The normalized spacial score (nSPS) is 10.8. The molecule has 0 saturated carbocycles. The van der Waals surface area contributed by atoms with E-state index in [-0.39, 0.29) is 0 Å². The van der Waals surface area contributed by atoms with Crippen molar-refractivity contribution in [3.8, 4) is 11.5 Å². The molecule has 0 heterocycles. The van der Waals surface area contributed by atoms with Crippen molar-refractivity contribution in [1.82, 2.24) is 0 Å². The Morgan fingerprint density at radius 2 is 1.32 bits per heavy atom. The predicted molar refractivity (Wildman–Crippen MR) is 85.6 cm³/mol. The van der Waals surface area contributed by atoms with Gasteiger partial charge in [0.25, 0.3) is 0 Å². The van der Waals surface area contributed by atoms with E-state index in [1.165, 1.54) is 0 Å². The Hall–Kier alpha value is -2.40. The van der Waals surface area contributed by atoms with Crippen LogP contribution in [0.1, 0.15) is 6.92 Å². The Morgan fingerprint density at radius 3 is 1.82 bits per heavy atom. The zero-order valence-electron chi connectivity index (χ0n) is 12.9. The molecule has 0 saturated heterocycles. The molecule has 0 bridgehead atoms. The summed E-state index contributed by atoms with van der Waals surface area (Å²) >= 11 is 0. The lowest BCUT2D eigenvalue weighted by atomic mass is 10.3. The molecule has 0 aliphatic rings. The van der Waals surface area contributed by atoms with Crippen molar-refractivity contribution >= 4 is 11.4 Å². The summed E-state index contributed by atoms with van der Waals surface area (Å²) in [7, 11) is 1.63. The van der Waals surface area contributed by atoms with Gasteiger partial charge in [0, 0.05) is 6.61 Å². The van der Waals surface area contributed by atoms with Crippen LogP contribution >= 0.6 is 0 Å². The molecule has 0 radical (unpaired) electrons. The Morgan fingerprint density at radius 1 is 0.773 bits per heavy atom. The average Bonchev–Trinajstić information content (AvgIpc) is 2.58. The van der Waals surface area contributed by atoms with Crippen LogP contribution in [0.2, 0.25) is 0 Å². The van der Waals surface area contributed by atoms with Gasteiger partial charge in [-0.1, -0.05) is 0 Å². The summed E-state index contributed by atoms with van der Waals surface area (Å²) in [5.41, 5.74) is 1.55. The molecule has 22 heavy (non-hydrogen) atoms. The topological polar surface area (TPSA) is 52.4 Å². The van der Waals surface area contributed by atoms with Crippen molar-refractivity contribution in [2.75, 3.05) is 26.9 Å². The molecule has 0 amide bonds. The quantitative estimate of drug-likeness (QED) is 0.532. The third-order valence-electron chi connectivity index (χ3n) is 2.89. The minimum absolute atomic E-state index is 0.542. The molecule has 0 unspecified atom stereocenters. The maximum Gasteiger partial charge on any atom is 0.119 e. The molecule has 5 heteroatoms. The number of methoxy groups -OCH3 is 1. The fourth-order valence-electron chi connectivity index (χ4n) is 1.74. The molecule has 0 atom stereocenters. The third kappa shape index (κ3) is 5.18. The maximum atomic E-state index is 5.54. The number of ether oxygens (including phenoxy) is 3. The highest BCUT2D eigenvalue weighted by Gasteiger charge is 1.96. The maximum absolute atomic E-state index is 5.54. The van der Waals surface area contributed by atoms with Crippen molar-refractivity contribution in [1.29, 1.82) is 0 Å². The zero-order chi connectivity index (χ0) is 15.6. The van der Waals surface area contributed by atoms with Gasteiger partial charge in [-0.25, -0.2) is 0 Å². The number of rotatable bonds is 8. The lowest BCUT2D eigenvalue weighted by molar-refractivity contribution is 0.110. The minimum Gasteiger partial charge on any atom is -0.497 e. The third-order valence-corrected chi connectivity index (χ3v) is 2.89. The first kappa shape index (κ1) is 16.0. The summed E-state index contributed by atoms with van der Waals surface area (Å²) < 4.78 is 15.9. The van der Waals surface area contributed by atoms with Crippen molar-refractivity contribution in [3.63, 3.8) is 0 Å². The molecule has 0 N–H and O–H groups in total. The van der Waals surface area contributed by atoms with Crippen LogP contribution in [0, 0.1) is 0 Å². The first-order chi connectivity index (χ1) is 10.8. The van der Waals surface area contributed by atoms with Crippen molar-refractivity contribution in [2.45, 2.75) is 6.92 Å². The van der Waals surface area contributed by atoms with Crippen LogP contribution in [0.5, 0.6) is 11.5 Å². The summed E-state index contributed by atoms with van der Waals surface area (Å²) in [6.45, 7) is 3.80. The molecule has 0 fully saturated rings. The van der Waals surface area contributed by atoms with E-state index >= 15 is 0 Å². The second-order valence-corrected chi connectivity index (χ2v) is 4.44. The molecule has 0 aliphatic heterocycles. The van der Waals surface area contributed by atoms with E-state index < -0.39 is 0 Å². The van der Waals surface area contributed by atoms with Gasteiger partial charge >= 0.3 is 0 Å². The van der Waals surface area contributed by atoms with Gasteiger partial charge in [-0.2, -0.15) is 10.2 Å². The molecule has 0 aromatic heterocycles. The number of nitrogens with zero attached hydrogens (tertiary/aromatic N) is 2. The molecule has 0 aliphatic carbocycles. The van der Waals surface area contributed by atoms with E-state index in [4.69, 9.17) is 14.2 Å². The average molecular weight is 300 g/mol. The standard InChI is InChI=1S/C17H20N2O3/c1-3-21-12-13-22-17-10-6-15(7-11-17)19-18-14-4-8-16(20-2)9-5-14/h4-11H,3,12-13H2,1-2H3. The molecule has 116 valence electrons. The monoisotopic (exact) mass is 300 g/mol. The van der Waals surface area contributed by atoms with Gasteiger partial charge in [0.15, 0.2) is 0 Å². The first-order valence-electron chi connectivity index (χ1n) is 7.18. The Balaban J connectivity index is 1.88. The lowest BCUT2D eigenvalue weighted by Gasteiger charge is -2.05. The Kier molecular flexibility index (Phi) is 6.39. The Bertz CT molecular complexity index is 580. The molecule has 5 nitrogen and oxygen atoms in total. The molecule has 2 aromatic rings. The van der Waals surface area contributed by atoms with Gasteiger partial charge in [-0.3, -0.25) is 0 Å². The second kappa shape index (κ2) is 8.79. The fourth-order valence-corrected chi connectivity index (χ4v) is 1.74. The van der Waals surface area contributed by atoms with Crippen LogP contribution in [0.25, 0.3) is 0 Å². The van der Waals surface area contributed by atoms with E-state index in [1.54, 1.807) is 7.11 Å². The van der Waals surface area contributed by atoms with Crippen LogP contribution in [-0.4, -0.2) is 26.9 Å². The van der Waals surface area contributed by atoms with E-state index in [1.807, 2.05) is 55.5 Å². The highest BCUT2D eigenvalue weighted by atomic mass is 16.5.